The Balaban J connectivity index is 2.95. The SMILES string of the molecule is CO[C@H](C)C1NC(=O)C(C[C@H](C)CCN2CCOCC2)N(C)C(=O)C(C(C)C)N(C)C(=O)[C@@H](CC(C)C)NC(=O)[C@@H](CC(C)C)N(C)C(=O)OC(=O)[C@@H](C)N[C@@H](CC(C)C)N(C)[C@@H](CC(C)C)NC(=O)[C@H](CC(C)C)N(C)C(=O)CN(C)C1=O. The molecular formula is C61H113N11O12. The molecule has 2 heterocycles. The number of hydrogen-bond donors (Lipinski definition) is 4. The van der Waals surface area contributed by atoms with Gasteiger partial charge in [0.05, 0.1) is 38.2 Å². The first-order chi connectivity index (χ1) is 39.0. The van der Waals surface area contributed by atoms with E-state index in [-0.39, 0.29) is 61.2 Å². The summed E-state index contributed by atoms with van der Waals surface area (Å²) < 4.78 is 16.8. The summed E-state index contributed by atoms with van der Waals surface area (Å²) in [5.74, 6) is -5.74. The van der Waals surface area contributed by atoms with Crippen molar-refractivity contribution in [2.75, 3.05) is 88.8 Å². The largest absolute Gasteiger partial charge is 0.417 e. The smallest absolute Gasteiger partial charge is 0.379 e. The second-order valence-electron chi connectivity index (χ2n) is 26.4. The molecule has 23 nitrogen and oxygen atoms in total. The lowest BCUT2D eigenvalue weighted by Crippen LogP contribution is -2.62. The monoisotopic (exact) mass is 1190 g/mol. The Bertz CT molecular complexity index is 2140. The van der Waals surface area contributed by atoms with Gasteiger partial charge in [0.15, 0.2) is 0 Å². The minimum absolute atomic E-state index is 0.0424. The lowest BCUT2D eigenvalue weighted by Gasteiger charge is -2.40. The summed E-state index contributed by atoms with van der Waals surface area (Å²) >= 11 is 0. The fourth-order valence-corrected chi connectivity index (χ4v) is 10.9. The maximum absolute atomic E-state index is 15.2. The summed E-state index contributed by atoms with van der Waals surface area (Å²) in [7, 11) is 10.6. The Morgan fingerprint density at radius 1 is 0.548 bits per heavy atom. The van der Waals surface area contributed by atoms with E-state index < -0.39 is 127 Å². The van der Waals surface area contributed by atoms with Crippen LogP contribution in [-0.4, -0.2) is 237 Å². The number of likely N-dealkylation sites (N-methyl/N-ethyl adjacent to an activating group) is 5. The third-order valence-electron chi connectivity index (χ3n) is 16.2. The molecule has 23 heteroatoms. The maximum atomic E-state index is 15.2. The van der Waals surface area contributed by atoms with Crippen LogP contribution in [0.15, 0.2) is 0 Å². The normalized spacial score (nSPS) is 27.1. The van der Waals surface area contributed by atoms with Crippen molar-refractivity contribution in [3.63, 3.8) is 0 Å². The minimum Gasteiger partial charge on any atom is -0.379 e. The van der Waals surface area contributed by atoms with Gasteiger partial charge in [-0.25, -0.2) is 9.59 Å². The third kappa shape index (κ3) is 23.4. The molecule has 0 radical (unpaired) electrons. The molecule has 0 bridgehead atoms. The Labute approximate surface area is 504 Å². The second-order valence-corrected chi connectivity index (χ2v) is 26.4. The number of hydrogen-bond acceptors (Lipinski definition) is 15. The lowest BCUT2D eigenvalue weighted by molar-refractivity contribution is -0.152. The van der Waals surface area contributed by atoms with Crippen molar-refractivity contribution in [1.29, 1.82) is 0 Å². The number of morpholine rings is 1. The van der Waals surface area contributed by atoms with Crippen LogP contribution in [0.25, 0.3) is 0 Å². The van der Waals surface area contributed by atoms with Gasteiger partial charge in [-0.3, -0.25) is 53.6 Å². The zero-order valence-electron chi connectivity index (χ0n) is 55.5. The molecule has 0 aromatic rings. The number of amides is 8. The Kier molecular flexibility index (Phi) is 31.8. The number of esters is 1. The first kappa shape index (κ1) is 75.1. The molecule has 11 atom stereocenters. The van der Waals surface area contributed by atoms with Crippen LogP contribution < -0.4 is 21.3 Å². The minimum atomic E-state index is -1.33. The summed E-state index contributed by atoms with van der Waals surface area (Å²) in [5.41, 5.74) is 0. The van der Waals surface area contributed by atoms with Crippen LogP contribution in [0.2, 0.25) is 0 Å². The van der Waals surface area contributed by atoms with Gasteiger partial charge in [0.2, 0.25) is 41.4 Å². The summed E-state index contributed by atoms with van der Waals surface area (Å²) in [6, 6.07) is -8.04. The zero-order valence-corrected chi connectivity index (χ0v) is 55.5. The third-order valence-corrected chi connectivity index (χ3v) is 16.2. The molecule has 4 N–H and O–H groups in total. The average Bonchev–Trinajstić information content (AvgIpc) is 3.59. The Morgan fingerprint density at radius 3 is 1.55 bits per heavy atom. The molecule has 3 unspecified atom stereocenters. The fourth-order valence-electron chi connectivity index (χ4n) is 10.9. The van der Waals surface area contributed by atoms with Gasteiger partial charge in [-0.2, -0.15) is 0 Å². The van der Waals surface area contributed by atoms with E-state index in [2.05, 4.69) is 26.2 Å². The molecule has 2 rings (SSSR count). The average molecular weight is 1190 g/mol. The molecule has 0 spiro atoms. The standard InChI is InChI=1S/C61H113N11O12/c1-36(2)29-45-57(77)71(21)53(41(11)12)59(79)68(18)48(34-42(13)23-24-72-25-27-83-28-26-72)56(76)65-52(44(15)82-22)58(78)66(16)35-51(73)67(17)46(30-37(3)4)55(75)64-50(33-40(9)10)70(20)49(32-39(7)8)62-43(14)60(80)84-61(81)69(19)47(31-38(5)6)54(74)63-45/h36-50,52-53,62H,23-35H2,1-22H3,(H,63,74)(H,64,75)(H,65,76)/t42-,43-,44-,45-,46+,47-,48?,49-,50+,52?,53?/m1/s1. The summed E-state index contributed by atoms with van der Waals surface area (Å²) in [6.45, 7) is 31.3. The van der Waals surface area contributed by atoms with Gasteiger partial charge < -0.3 is 49.8 Å². The number of rotatable bonds is 18. The van der Waals surface area contributed by atoms with Crippen LogP contribution in [0.1, 0.15) is 149 Å². The number of nitrogens with zero attached hydrogens (tertiary/aromatic N) is 7. The lowest BCUT2D eigenvalue weighted by atomic mass is 9.93. The van der Waals surface area contributed by atoms with Crippen LogP contribution in [0.3, 0.4) is 0 Å². The molecule has 2 fully saturated rings. The molecule has 2 aliphatic heterocycles. The van der Waals surface area contributed by atoms with E-state index in [1.54, 1.807) is 27.7 Å². The number of carbonyl (C=O) groups excluding carboxylic acids is 9. The molecule has 0 aromatic heterocycles. The molecule has 84 heavy (non-hydrogen) atoms. The van der Waals surface area contributed by atoms with Crippen LogP contribution >= 0.6 is 0 Å². The molecule has 0 saturated carbocycles. The molecule has 484 valence electrons. The summed E-state index contributed by atoms with van der Waals surface area (Å²) in [5, 5.41) is 12.4. The van der Waals surface area contributed by atoms with Gasteiger partial charge >= 0.3 is 12.1 Å². The van der Waals surface area contributed by atoms with Gasteiger partial charge in [0.25, 0.3) is 0 Å². The van der Waals surface area contributed by atoms with E-state index >= 15 is 9.59 Å². The van der Waals surface area contributed by atoms with Crippen LogP contribution in [0, 0.1) is 41.4 Å². The zero-order chi connectivity index (χ0) is 64.2. The quantitative estimate of drug-likeness (QED) is 0.111. The highest BCUT2D eigenvalue weighted by Crippen LogP contribution is 2.24. The summed E-state index contributed by atoms with van der Waals surface area (Å²) in [4.78, 5) is 142. The van der Waals surface area contributed by atoms with Crippen molar-refractivity contribution in [2.24, 2.45) is 41.4 Å². The Morgan fingerprint density at radius 2 is 1.04 bits per heavy atom. The van der Waals surface area contributed by atoms with Crippen LogP contribution in [-0.2, 0) is 52.6 Å². The molecule has 0 aliphatic carbocycles. The van der Waals surface area contributed by atoms with Gasteiger partial charge in [-0.05, 0) is 114 Å². The van der Waals surface area contributed by atoms with E-state index in [0.717, 1.165) is 24.5 Å². The first-order valence-corrected chi connectivity index (χ1v) is 30.8. The Hall–Kier alpha value is -4.97. The van der Waals surface area contributed by atoms with Crippen molar-refractivity contribution in [1.82, 2.24) is 55.6 Å². The first-order valence-electron chi connectivity index (χ1n) is 30.8. The predicted molar refractivity (Wildman–Crippen MR) is 325 cm³/mol. The molecule has 8 amide bonds. The van der Waals surface area contributed by atoms with E-state index in [9.17, 15) is 33.6 Å². The highest BCUT2D eigenvalue weighted by molar-refractivity contribution is 5.97. The van der Waals surface area contributed by atoms with E-state index in [1.807, 2.05) is 88.1 Å². The highest BCUT2D eigenvalue weighted by Gasteiger charge is 2.43. The fraction of sp³-hybridized carbons (Fsp3) is 0.852. The van der Waals surface area contributed by atoms with Crippen LogP contribution in [0.4, 0.5) is 4.79 Å². The van der Waals surface area contributed by atoms with Crippen molar-refractivity contribution in [2.45, 2.75) is 210 Å². The number of cyclic esters (lactones) is 2. The van der Waals surface area contributed by atoms with Gasteiger partial charge in [0, 0.05) is 55.4 Å². The van der Waals surface area contributed by atoms with Gasteiger partial charge in [-0.1, -0.05) is 90.0 Å². The van der Waals surface area contributed by atoms with Gasteiger partial charge in [0.1, 0.15) is 42.3 Å². The maximum Gasteiger partial charge on any atom is 0.417 e. The van der Waals surface area contributed by atoms with Crippen molar-refractivity contribution >= 4 is 53.4 Å². The topological polar surface area (TPSA) is 252 Å². The molecule has 0 aromatic carbocycles. The number of nitrogens with one attached hydrogen (secondary N) is 4. The van der Waals surface area contributed by atoms with E-state index in [4.69, 9.17) is 14.2 Å². The predicted octanol–water partition coefficient (Wildman–Crippen LogP) is 4.22. The molecule has 2 aliphatic rings. The molecule has 2 saturated heterocycles. The number of methoxy groups -OCH3 is 1. The second kappa shape index (κ2) is 35.6. The van der Waals surface area contributed by atoms with Crippen molar-refractivity contribution in [3.8, 4) is 0 Å². The number of ether oxygens (including phenoxy) is 3. The van der Waals surface area contributed by atoms with Crippen LogP contribution in [0.5, 0.6) is 0 Å². The van der Waals surface area contributed by atoms with Gasteiger partial charge in [-0.15, -0.1) is 0 Å². The highest BCUT2D eigenvalue weighted by atomic mass is 16.6. The summed E-state index contributed by atoms with van der Waals surface area (Å²) in [6.07, 6.45) is -0.747. The van der Waals surface area contributed by atoms with E-state index in [1.165, 1.54) is 61.9 Å². The number of carbonyl (C=O) groups is 9. The molecular weight excluding hydrogens is 1080 g/mol. The van der Waals surface area contributed by atoms with E-state index in [0.29, 0.717) is 32.5 Å². The van der Waals surface area contributed by atoms with Crippen molar-refractivity contribution < 1.29 is 57.4 Å². The van der Waals surface area contributed by atoms with Crippen molar-refractivity contribution in [3.05, 3.63) is 0 Å².